The number of carbonyl (C=O) groups excluding carboxylic acids is 1. The normalized spacial score (nSPS) is 17.5. The summed E-state index contributed by atoms with van der Waals surface area (Å²) in [5.41, 5.74) is 3.02. The van der Waals surface area contributed by atoms with Crippen LogP contribution in [-0.4, -0.2) is 15.6 Å². The molecule has 21 heavy (non-hydrogen) atoms. The molecule has 0 N–H and O–H groups in total. The number of nitrogens with zero attached hydrogens (tertiary/aromatic N) is 2. The summed E-state index contributed by atoms with van der Waals surface area (Å²) in [6.07, 6.45) is 5.51. The number of hydrogen-bond donors (Lipinski definition) is 0. The van der Waals surface area contributed by atoms with Gasteiger partial charge in [-0.3, -0.25) is 9.48 Å². The van der Waals surface area contributed by atoms with Crippen molar-refractivity contribution in [1.29, 1.82) is 0 Å². The van der Waals surface area contributed by atoms with E-state index in [1.807, 2.05) is 12.1 Å². The van der Waals surface area contributed by atoms with Crippen molar-refractivity contribution >= 4 is 17.4 Å². The van der Waals surface area contributed by atoms with Gasteiger partial charge in [0.15, 0.2) is 5.78 Å². The Hall–Kier alpha value is -1.61. The first-order valence-corrected chi connectivity index (χ1v) is 7.93. The lowest BCUT2D eigenvalue weighted by atomic mass is 9.80. The SMILES string of the molecule is CCCn1ncc(Cl)c1C(=O)C1CCCc2ccccc21. The van der Waals surface area contributed by atoms with E-state index in [0.29, 0.717) is 10.7 Å². The van der Waals surface area contributed by atoms with Gasteiger partial charge >= 0.3 is 0 Å². The molecule has 0 fully saturated rings. The lowest BCUT2D eigenvalue weighted by Crippen LogP contribution is -2.22. The average Bonchev–Trinajstić information content (AvgIpc) is 2.87. The third-order valence-corrected chi connectivity index (χ3v) is 4.43. The minimum atomic E-state index is -0.0836. The van der Waals surface area contributed by atoms with Gasteiger partial charge in [-0.2, -0.15) is 5.10 Å². The Balaban J connectivity index is 1.99. The van der Waals surface area contributed by atoms with Crippen LogP contribution in [0.3, 0.4) is 0 Å². The predicted octanol–water partition coefficient (Wildman–Crippen LogP) is 4.25. The lowest BCUT2D eigenvalue weighted by Gasteiger charge is -2.24. The van der Waals surface area contributed by atoms with Gasteiger partial charge in [-0.05, 0) is 36.8 Å². The second-order valence-electron chi connectivity index (χ2n) is 5.57. The Labute approximate surface area is 129 Å². The van der Waals surface area contributed by atoms with Crippen molar-refractivity contribution in [3.63, 3.8) is 0 Å². The summed E-state index contributed by atoms with van der Waals surface area (Å²) in [4.78, 5) is 13.0. The average molecular weight is 303 g/mol. The van der Waals surface area contributed by atoms with Crippen molar-refractivity contribution in [2.45, 2.75) is 45.1 Å². The van der Waals surface area contributed by atoms with E-state index in [2.05, 4.69) is 24.2 Å². The predicted molar refractivity (Wildman–Crippen MR) is 84.0 cm³/mol. The van der Waals surface area contributed by atoms with Crippen molar-refractivity contribution in [2.24, 2.45) is 0 Å². The Morgan fingerprint density at radius 3 is 3.05 bits per heavy atom. The maximum absolute atomic E-state index is 13.0. The van der Waals surface area contributed by atoms with Crippen LogP contribution in [0, 0.1) is 0 Å². The van der Waals surface area contributed by atoms with E-state index in [-0.39, 0.29) is 11.7 Å². The molecule has 1 atom stereocenters. The van der Waals surface area contributed by atoms with Crippen molar-refractivity contribution in [1.82, 2.24) is 9.78 Å². The van der Waals surface area contributed by atoms with Crippen LogP contribution >= 0.6 is 11.6 Å². The summed E-state index contributed by atoms with van der Waals surface area (Å²) in [6, 6.07) is 8.25. The van der Waals surface area contributed by atoms with E-state index in [1.54, 1.807) is 10.9 Å². The van der Waals surface area contributed by atoms with E-state index >= 15 is 0 Å². The molecule has 3 rings (SSSR count). The van der Waals surface area contributed by atoms with Gasteiger partial charge in [-0.15, -0.1) is 0 Å². The summed E-state index contributed by atoms with van der Waals surface area (Å²) in [5, 5.41) is 4.71. The van der Waals surface area contributed by atoms with Crippen molar-refractivity contribution in [2.75, 3.05) is 0 Å². The molecule has 1 heterocycles. The highest BCUT2D eigenvalue weighted by Crippen LogP contribution is 2.35. The third-order valence-electron chi connectivity index (χ3n) is 4.15. The van der Waals surface area contributed by atoms with Crippen LogP contribution in [0.2, 0.25) is 5.02 Å². The Kier molecular flexibility index (Phi) is 4.11. The molecule has 1 aliphatic rings. The molecule has 1 aromatic carbocycles. The molecule has 0 aliphatic heterocycles. The molecule has 1 aliphatic carbocycles. The standard InChI is InChI=1S/C17H19ClN2O/c1-2-10-20-16(15(18)11-19-20)17(21)14-9-5-7-12-6-3-4-8-13(12)14/h3-4,6,8,11,14H,2,5,7,9-10H2,1H3. The van der Waals surface area contributed by atoms with Crippen LogP contribution in [0.4, 0.5) is 0 Å². The van der Waals surface area contributed by atoms with E-state index < -0.39 is 0 Å². The summed E-state index contributed by atoms with van der Waals surface area (Å²) in [5.74, 6) is 0.0258. The number of rotatable bonds is 4. The van der Waals surface area contributed by atoms with E-state index in [1.165, 1.54) is 5.56 Å². The number of aromatic nitrogens is 2. The quantitative estimate of drug-likeness (QED) is 0.791. The number of aryl methyl sites for hydroxylation is 2. The molecular formula is C17H19ClN2O. The summed E-state index contributed by atoms with van der Waals surface area (Å²) < 4.78 is 1.75. The largest absolute Gasteiger partial charge is 0.292 e. The second-order valence-corrected chi connectivity index (χ2v) is 5.98. The summed E-state index contributed by atoms with van der Waals surface area (Å²) >= 11 is 6.22. The fraction of sp³-hybridized carbons (Fsp3) is 0.412. The van der Waals surface area contributed by atoms with Gasteiger partial charge in [0.2, 0.25) is 0 Å². The van der Waals surface area contributed by atoms with Crippen LogP contribution in [0.25, 0.3) is 0 Å². The molecule has 0 radical (unpaired) electrons. The molecule has 0 saturated heterocycles. The van der Waals surface area contributed by atoms with Gasteiger partial charge in [-0.1, -0.05) is 42.8 Å². The zero-order valence-electron chi connectivity index (χ0n) is 12.2. The molecule has 1 aromatic heterocycles. The molecular weight excluding hydrogens is 284 g/mol. The molecule has 2 aromatic rings. The number of Topliss-reactive ketones (excluding diaryl/α,β-unsaturated/α-hetero) is 1. The Morgan fingerprint density at radius 2 is 2.24 bits per heavy atom. The van der Waals surface area contributed by atoms with Gasteiger partial charge in [0.05, 0.1) is 11.2 Å². The van der Waals surface area contributed by atoms with Crippen LogP contribution in [-0.2, 0) is 13.0 Å². The minimum Gasteiger partial charge on any atom is -0.292 e. The second kappa shape index (κ2) is 6.02. The van der Waals surface area contributed by atoms with E-state index in [4.69, 9.17) is 11.6 Å². The van der Waals surface area contributed by atoms with Crippen LogP contribution in [0.15, 0.2) is 30.5 Å². The maximum atomic E-state index is 13.0. The van der Waals surface area contributed by atoms with Crippen LogP contribution < -0.4 is 0 Å². The molecule has 0 bridgehead atoms. The number of hydrogen-bond acceptors (Lipinski definition) is 2. The van der Waals surface area contributed by atoms with Crippen LogP contribution in [0.5, 0.6) is 0 Å². The fourth-order valence-corrected chi connectivity index (χ4v) is 3.41. The first-order valence-electron chi connectivity index (χ1n) is 7.55. The van der Waals surface area contributed by atoms with Gasteiger partial charge < -0.3 is 0 Å². The molecule has 4 heteroatoms. The molecule has 1 unspecified atom stereocenters. The molecule has 0 amide bonds. The monoisotopic (exact) mass is 302 g/mol. The number of halogens is 1. The lowest BCUT2D eigenvalue weighted by molar-refractivity contribution is 0.0940. The first kappa shape index (κ1) is 14.3. The first-order chi connectivity index (χ1) is 10.2. The molecule has 3 nitrogen and oxygen atoms in total. The molecule has 0 spiro atoms. The van der Waals surface area contributed by atoms with Crippen molar-refractivity contribution in [3.8, 4) is 0 Å². The Bertz CT molecular complexity index is 663. The van der Waals surface area contributed by atoms with E-state index in [0.717, 1.165) is 37.8 Å². The number of benzene rings is 1. The number of carbonyl (C=O) groups is 1. The van der Waals surface area contributed by atoms with E-state index in [9.17, 15) is 4.79 Å². The zero-order chi connectivity index (χ0) is 14.8. The smallest absolute Gasteiger partial charge is 0.189 e. The molecule has 110 valence electrons. The summed E-state index contributed by atoms with van der Waals surface area (Å²) in [7, 11) is 0. The highest BCUT2D eigenvalue weighted by molar-refractivity contribution is 6.33. The van der Waals surface area contributed by atoms with Gasteiger partial charge in [0.25, 0.3) is 0 Å². The van der Waals surface area contributed by atoms with Gasteiger partial charge in [-0.25, -0.2) is 0 Å². The molecule has 0 saturated carbocycles. The minimum absolute atomic E-state index is 0.0836. The third kappa shape index (κ3) is 2.62. The van der Waals surface area contributed by atoms with Gasteiger partial charge in [0, 0.05) is 12.5 Å². The Morgan fingerprint density at radius 1 is 1.43 bits per heavy atom. The maximum Gasteiger partial charge on any atom is 0.189 e. The highest BCUT2D eigenvalue weighted by Gasteiger charge is 2.30. The topological polar surface area (TPSA) is 34.9 Å². The fourth-order valence-electron chi connectivity index (χ4n) is 3.18. The van der Waals surface area contributed by atoms with Gasteiger partial charge in [0.1, 0.15) is 5.69 Å². The van der Waals surface area contributed by atoms with Crippen molar-refractivity contribution < 1.29 is 4.79 Å². The zero-order valence-corrected chi connectivity index (χ0v) is 12.9. The van der Waals surface area contributed by atoms with Crippen LogP contribution in [0.1, 0.15) is 53.7 Å². The highest BCUT2D eigenvalue weighted by atomic mass is 35.5. The number of fused-ring (bicyclic) bond motifs is 1. The number of ketones is 1. The van der Waals surface area contributed by atoms with Crippen molar-refractivity contribution in [3.05, 3.63) is 52.3 Å². The summed E-state index contributed by atoms with van der Waals surface area (Å²) in [6.45, 7) is 2.79.